The second-order valence-corrected chi connectivity index (χ2v) is 6.36. The topological polar surface area (TPSA) is 81.4 Å². The first-order valence-corrected chi connectivity index (χ1v) is 8.34. The van der Waals surface area contributed by atoms with E-state index < -0.39 is 0 Å². The highest BCUT2D eigenvalue weighted by atomic mass is 16.5. The molecule has 0 aliphatic heterocycles. The standard InChI is InChI=1S/C16H28N2O3/c1-2-21-16(20)11-7-9-12(10-8-11)18-15(19)13-5-3-4-6-14(13)17/h11-14H,2-10,17H2,1H3,(H,18,19). The molecule has 120 valence electrons. The van der Waals surface area contributed by atoms with Crippen molar-refractivity contribution in [3.63, 3.8) is 0 Å². The Bertz CT molecular complexity index is 365. The third-order valence-electron chi connectivity index (χ3n) is 4.85. The van der Waals surface area contributed by atoms with Crippen molar-refractivity contribution in [3.8, 4) is 0 Å². The van der Waals surface area contributed by atoms with E-state index in [4.69, 9.17) is 10.5 Å². The first kappa shape index (κ1) is 16.3. The first-order valence-electron chi connectivity index (χ1n) is 8.34. The van der Waals surface area contributed by atoms with E-state index in [1.165, 1.54) is 0 Å². The minimum Gasteiger partial charge on any atom is -0.466 e. The first-order chi connectivity index (χ1) is 10.1. The fourth-order valence-corrected chi connectivity index (χ4v) is 3.53. The largest absolute Gasteiger partial charge is 0.466 e. The van der Waals surface area contributed by atoms with E-state index in [9.17, 15) is 9.59 Å². The van der Waals surface area contributed by atoms with Crippen LogP contribution in [-0.2, 0) is 14.3 Å². The summed E-state index contributed by atoms with van der Waals surface area (Å²) in [6.45, 7) is 2.27. The molecule has 2 aliphatic carbocycles. The van der Waals surface area contributed by atoms with Gasteiger partial charge < -0.3 is 15.8 Å². The summed E-state index contributed by atoms with van der Waals surface area (Å²) in [5.74, 6) is 0.00920. The summed E-state index contributed by atoms with van der Waals surface area (Å²) in [7, 11) is 0. The Labute approximate surface area is 127 Å². The normalized spacial score (nSPS) is 33.2. The number of hydrogen-bond donors (Lipinski definition) is 2. The lowest BCUT2D eigenvalue weighted by Crippen LogP contribution is -2.47. The molecular weight excluding hydrogens is 268 g/mol. The maximum absolute atomic E-state index is 12.3. The molecule has 1 amide bonds. The summed E-state index contributed by atoms with van der Waals surface area (Å²) >= 11 is 0. The number of hydrogen-bond acceptors (Lipinski definition) is 4. The number of nitrogens with one attached hydrogen (secondary N) is 1. The smallest absolute Gasteiger partial charge is 0.308 e. The summed E-state index contributed by atoms with van der Waals surface area (Å²) in [6.07, 6.45) is 7.42. The molecular formula is C16H28N2O3. The van der Waals surface area contributed by atoms with Gasteiger partial charge in [-0.05, 0) is 45.4 Å². The zero-order chi connectivity index (χ0) is 15.2. The summed E-state index contributed by atoms with van der Waals surface area (Å²) < 4.78 is 5.06. The van der Waals surface area contributed by atoms with E-state index in [1.54, 1.807) is 0 Å². The van der Waals surface area contributed by atoms with Crippen LogP contribution in [0, 0.1) is 11.8 Å². The van der Waals surface area contributed by atoms with Gasteiger partial charge in [0.1, 0.15) is 0 Å². The van der Waals surface area contributed by atoms with E-state index in [0.717, 1.165) is 51.4 Å². The molecule has 3 N–H and O–H groups in total. The third kappa shape index (κ3) is 4.43. The highest BCUT2D eigenvalue weighted by Crippen LogP contribution is 2.27. The molecule has 5 heteroatoms. The molecule has 2 saturated carbocycles. The number of carbonyl (C=O) groups is 2. The number of carbonyl (C=O) groups excluding carboxylic acids is 2. The minimum absolute atomic E-state index is 0.00891. The lowest BCUT2D eigenvalue weighted by Gasteiger charge is -2.32. The molecule has 0 spiro atoms. The Morgan fingerprint density at radius 2 is 1.76 bits per heavy atom. The van der Waals surface area contributed by atoms with E-state index in [0.29, 0.717) is 6.61 Å². The Kier molecular flexibility index (Phi) is 6.03. The zero-order valence-corrected chi connectivity index (χ0v) is 13.0. The average Bonchev–Trinajstić information content (AvgIpc) is 2.48. The van der Waals surface area contributed by atoms with Crippen LogP contribution in [0.4, 0.5) is 0 Å². The second-order valence-electron chi connectivity index (χ2n) is 6.36. The van der Waals surface area contributed by atoms with Gasteiger partial charge in [0.2, 0.25) is 5.91 Å². The van der Waals surface area contributed by atoms with Gasteiger partial charge in [0, 0.05) is 12.1 Å². The molecule has 5 nitrogen and oxygen atoms in total. The van der Waals surface area contributed by atoms with Gasteiger partial charge in [-0.2, -0.15) is 0 Å². The summed E-state index contributed by atoms with van der Waals surface area (Å²) in [5.41, 5.74) is 6.06. The van der Waals surface area contributed by atoms with Crippen LogP contribution < -0.4 is 11.1 Å². The zero-order valence-electron chi connectivity index (χ0n) is 13.0. The van der Waals surface area contributed by atoms with Crippen LogP contribution in [0.1, 0.15) is 58.3 Å². The Balaban J connectivity index is 1.75. The molecule has 0 aromatic heterocycles. The minimum atomic E-state index is -0.0865. The van der Waals surface area contributed by atoms with Crippen molar-refractivity contribution in [2.75, 3.05) is 6.61 Å². The molecule has 0 saturated heterocycles. The van der Waals surface area contributed by atoms with Crippen molar-refractivity contribution in [1.29, 1.82) is 0 Å². The van der Waals surface area contributed by atoms with E-state index in [2.05, 4.69) is 5.32 Å². The quantitative estimate of drug-likeness (QED) is 0.774. The van der Waals surface area contributed by atoms with Crippen LogP contribution in [0.25, 0.3) is 0 Å². The van der Waals surface area contributed by atoms with E-state index in [-0.39, 0.29) is 35.8 Å². The number of rotatable bonds is 4. The van der Waals surface area contributed by atoms with Crippen molar-refractivity contribution in [1.82, 2.24) is 5.32 Å². The van der Waals surface area contributed by atoms with Gasteiger partial charge in [0.05, 0.1) is 18.4 Å². The number of nitrogens with two attached hydrogens (primary N) is 1. The molecule has 2 aliphatic rings. The summed E-state index contributed by atoms with van der Waals surface area (Å²) in [6, 6.07) is 0.201. The fraction of sp³-hybridized carbons (Fsp3) is 0.875. The van der Waals surface area contributed by atoms with Gasteiger partial charge in [-0.1, -0.05) is 12.8 Å². The van der Waals surface area contributed by atoms with Crippen molar-refractivity contribution in [2.45, 2.75) is 70.4 Å². The van der Waals surface area contributed by atoms with Gasteiger partial charge in [-0.15, -0.1) is 0 Å². The van der Waals surface area contributed by atoms with Crippen molar-refractivity contribution < 1.29 is 14.3 Å². The van der Waals surface area contributed by atoms with Gasteiger partial charge >= 0.3 is 5.97 Å². The molecule has 2 fully saturated rings. The molecule has 2 unspecified atom stereocenters. The average molecular weight is 296 g/mol. The molecule has 2 rings (SSSR count). The molecule has 0 aromatic rings. The SMILES string of the molecule is CCOC(=O)C1CCC(NC(=O)C2CCCCC2N)CC1. The lowest BCUT2D eigenvalue weighted by atomic mass is 9.83. The fourth-order valence-electron chi connectivity index (χ4n) is 3.53. The number of esters is 1. The van der Waals surface area contributed by atoms with Crippen LogP contribution in [-0.4, -0.2) is 30.6 Å². The molecule has 0 radical (unpaired) electrons. The van der Waals surface area contributed by atoms with Gasteiger partial charge in [-0.25, -0.2) is 0 Å². The van der Waals surface area contributed by atoms with Crippen LogP contribution in [0.3, 0.4) is 0 Å². The predicted molar refractivity (Wildman–Crippen MR) is 80.5 cm³/mol. The van der Waals surface area contributed by atoms with E-state index in [1.807, 2.05) is 6.92 Å². The van der Waals surface area contributed by atoms with Gasteiger partial charge in [0.15, 0.2) is 0 Å². The monoisotopic (exact) mass is 296 g/mol. The third-order valence-corrected chi connectivity index (χ3v) is 4.85. The molecule has 0 heterocycles. The molecule has 21 heavy (non-hydrogen) atoms. The maximum atomic E-state index is 12.3. The van der Waals surface area contributed by atoms with Crippen LogP contribution in [0.2, 0.25) is 0 Å². The van der Waals surface area contributed by atoms with Crippen LogP contribution in [0.15, 0.2) is 0 Å². The second kappa shape index (κ2) is 7.78. The summed E-state index contributed by atoms with van der Waals surface area (Å²) in [4.78, 5) is 24.0. The number of ether oxygens (including phenoxy) is 1. The van der Waals surface area contributed by atoms with Crippen molar-refractivity contribution >= 4 is 11.9 Å². The van der Waals surface area contributed by atoms with Crippen LogP contribution >= 0.6 is 0 Å². The Morgan fingerprint density at radius 3 is 2.38 bits per heavy atom. The molecule has 0 aromatic carbocycles. The lowest BCUT2D eigenvalue weighted by molar-refractivity contribution is -0.149. The number of amides is 1. The highest BCUT2D eigenvalue weighted by molar-refractivity contribution is 5.80. The molecule has 2 atom stereocenters. The summed E-state index contributed by atoms with van der Waals surface area (Å²) in [5, 5.41) is 3.14. The van der Waals surface area contributed by atoms with Crippen molar-refractivity contribution in [2.24, 2.45) is 17.6 Å². The van der Waals surface area contributed by atoms with Crippen LogP contribution in [0.5, 0.6) is 0 Å². The molecule has 0 bridgehead atoms. The Morgan fingerprint density at radius 1 is 1.10 bits per heavy atom. The van der Waals surface area contributed by atoms with Gasteiger partial charge in [-0.3, -0.25) is 9.59 Å². The maximum Gasteiger partial charge on any atom is 0.308 e. The van der Waals surface area contributed by atoms with Gasteiger partial charge in [0.25, 0.3) is 0 Å². The predicted octanol–water partition coefficient (Wildman–Crippen LogP) is 1.74. The highest BCUT2D eigenvalue weighted by Gasteiger charge is 2.32. The Hall–Kier alpha value is -1.10. The van der Waals surface area contributed by atoms with Crippen molar-refractivity contribution in [3.05, 3.63) is 0 Å². The van der Waals surface area contributed by atoms with E-state index >= 15 is 0 Å².